The molecule has 0 radical (unpaired) electrons. The molecule has 0 unspecified atom stereocenters. The quantitative estimate of drug-likeness (QED) is 0.846. The van der Waals surface area contributed by atoms with E-state index in [4.69, 9.17) is 0 Å². The lowest BCUT2D eigenvalue weighted by Crippen LogP contribution is -2.28. The first kappa shape index (κ1) is 13.1. The van der Waals surface area contributed by atoms with E-state index >= 15 is 0 Å². The minimum absolute atomic E-state index is 0.0236. The van der Waals surface area contributed by atoms with E-state index in [1.165, 1.54) is 17.0 Å². The van der Waals surface area contributed by atoms with Crippen LogP contribution in [0.4, 0.5) is 14.6 Å². The van der Waals surface area contributed by atoms with Crippen molar-refractivity contribution in [2.75, 3.05) is 26.0 Å². The summed E-state index contributed by atoms with van der Waals surface area (Å²) < 4.78 is 27.8. The summed E-state index contributed by atoms with van der Waals surface area (Å²) >= 11 is 0. The summed E-state index contributed by atoms with van der Waals surface area (Å²) in [4.78, 5) is 16.5. The maximum Gasteiger partial charge on any atom is 0.387 e. The number of halogens is 2. The molecular formula is C10H13F2N3O2. The van der Waals surface area contributed by atoms with Gasteiger partial charge in [0.05, 0.1) is 12.7 Å². The highest BCUT2D eigenvalue weighted by atomic mass is 19.3. The molecule has 5 nitrogen and oxygen atoms in total. The molecule has 0 fully saturated rings. The molecule has 94 valence electrons. The Balaban J connectivity index is 2.48. The molecule has 1 aromatic rings. The Morgan fingerprint density at radius 2 is 2.24 bits per heavy atom. The van der Waals surface area contributed by atoms with Crippen LogP contribution in [0.1, 0.15) is 0 Å². The van der Waals surface area contributed by atoms with E-state index in [2.05, 4.69) is 15.0 Å². The molecule has 17 heavy (non-hydrogen) atoms. The van der Waals surface area contributed by atoms with Crippen molar-refractivity contribution in [1.82, 2.24) is 9.88 Å². The van der Waals surface area contributed by atoms with E-state index in [0.717, 1.165) is 6.20 Å². The standard InChI is InChI=1S/C10H13F2N3O2/c1-15(2)9(16)6-14-8-4-3-7(5-13-8)17-10(11)12/h3-5,10H,6H2,1-2H3,(H,13,14). The van der Waals surface area contributed by atoms with Gasteiger partial charge in [-0.05, 0) is 12.1 Å². The van der Waals surface area contributed by atoms with Crippen LogP contribution in [0.15, 0.2) is 18.3 Å². The average Bonchev–Trinajstić information content (AvgIpc) is 2.26. The van der Waals surface area contributed by atoms with E-state index in [1.54, 1.807) is 14.1 Å². The van der Waals surface area contributed by atoms with Crippen molar-refractivity contribution >= 4 is 11.7 Å². The summed E-state index contributed by atoms with van der Waals surface area (Å²) in [5.41, 5.74) is 0. The van der Waals surface area contributed by atoms with Crippen molar-refractivity contribution in [3.63, 3.8) is 0 Å². The molecule has 0 aromatic carbocycles. The smallest absolute Gasteiger partial charge is 0.387 e. The Labute approximate surface area is 97.4 Å². The minimum atomic E-state index is -2.87. The predicted octanol–water partition coefficient (Wildman–Crippen LogP) is 1.18. The van der Waals surface area contributed by atoms with Crippen LogP contribution in [0.5, 0.6) is 5.75 Å². The number of amides is 1. The highest BCUT2D eigenvalue weighted by Crippen LogP contribution is 2.14. The zero-order valence-corrected chi connectivity index (χ0v) is 9.48. The first-order chi connectivity index (χ1) is 7.99. The van der Waals surface area contributed by atoms with Crippen molar-refractivity contribution in [2.45, 2.75) is 6.61 Å². The Morgan fingerprint density at radius 3 is 2.71 bits per heavy atom. The van der Waals surface area contributed by atoms with Crippen molar-refractivity contribution in [3.05, 3.63) is 18.3 Å². The van der Waals surface area contributed by atoms with Gasteiger partial charge >= 0.3 is 6.61 Å². The van der Waals surface area contributed by atoms with Crippen LogP contribution in [-0.2, 0) is 4.79 Å². The summed E-state index contributed by atoms with van der Waals surface area (Å²) in [6.07, 6.45) is 1.16. The van der Waals surface area contributed by atoms with Gasteiger partial charge in [-0.3, -0.25) is 4.79 Å². The Kier molecular flexibility index (Phi) is 4.62. The van der Waals surface area contributed by atoms with Gasteiger partial charge in [-0.2, -0.15) is 8.78 Å². The van der Waals surface area contributed by atoms with Crippen molar-refractivity contribution in [1.29, 1.82) is 0 Å². The number of anilines is 1. The molecule has 0 aliphatic rings. The molecule has 0 aliphatic heterocycles. The van der Waals surface area contributed by atoms with Crippen molar-refractivity contribution in [2.24, 2.45) is 0 Å². The van der Waals surface area contributed by atoms with Gasteiger partial charge in [0.1, 0.15) is 11.6 Å². The Morgan fingerprint density at radius 1 is 1.53 bits per heavy atom. The summed E-state index contributed by atoms with van der Waals surface area (Å²) in [6.45, 7) is -2.78. The minimum Gasteiger partial charge on any atom is -0.433 e. The fourth-order valence-corrected chi connectivity index (χ4v) is 0.982. The number of carbonyl (C=O) groups excluding carboxylic acids is 1. The molecular weight excluding hydrogens is 232 g/mol. The van der Waals surface area contributed by atoms with Crippen LogP contribution in [0.25, 0.3) is 0 Å². The fraction of sp³-hybridized carbons (Fsp3) is 0.400. The third-order valence-corrected chi connectivity index (χ3v) is 1.88. The predicted molar refractivity (Wildman–Crippen MR) is 58.1 cm³/mol. The number of aromatic nitrogens is 1. The average molecular weight is 245 g/mol. The summed E-state index contributed by atoms with van der Waals surface area (Å²) in [5.74, 6) is 0.283. The van der Waals surface area contributed by atoms with E-state index in [9.17, 15) is 13.6 Å². The van der Waals surface area contributed by atoms with Crippen LogP contribution >= 0.6 is 0 Å². The highest BCUT2D eigenvalue weighted by molar-refractivity contribution is 5.79. The van der Waals surface area contributed by atoms with Crippen LogP contribution < -0.4 is 10.1 Å². The molecule has 0 aliphatic carbocycles. The zero-order valence-electron chi connectivity index (χ0n) is 9.48. The Bertz CT molecular complexity index is 368. The third-order valence-electron chi connectivity index (χ3n) is 1.88. The lowest BCUT2D eigenvalue weighted by atomic mass is 10.4. The van der Waals surface area contributed by atoms with Gasteiger partial charge in [0.15, 0.2) is 0 Å². The van der Waals surface area contributed by atoms with Crippen molar-refractivity contribution in [3.8, 4) is 5.75 Å². The van der Waals surface area contributed by atoms with Crippen LogP contribution in [0, 0.1) is 0 Å². The first-order valence-electron chi connectivity index (χ1n) is 4.84. The number of nitrogens with one attached hydrogen (secondary N) is 1. The third kappa shape index (κ3) is 4.62. The monoisotopic (exact) mass is 245 g/mol. The number of likely N-dealkylation sites (N-methyl/N-ethyl adjacent to an activating group) is 1. The number of hydrogen-bond donors (Lipinski definition) is 1. The number of ether oxygens (including phenoxy) is 1. The lowest BCUT2D eigenvalue weighted by molar-refractivity contribution is -0.126. The lowest BCUT2D eigenvalue weighted by Gasteiger charge is -2.11. The second-order valence-corrected chi connectivity index (χ2v) is 3.40. The number of hydrogen-bond acceptors (Lipinski definition) is 4. The molecule has 0 saturated carbocycles. The highest BCUT2D eigenvalue weighted by Gasteiger charge is 2.06. The summed E-state index contributed by atoms with van der Waals surface area (Å²) in [6, 6.07) is 2.81. The van der Waals surface area contributed by atoms with Gasteiger partial charge in [-0.25, -0.2) is 4.98 Å². The first-order valence-corrected chi connectivity index (χ1v) is 4.84. The number of carbonyl (C=O) groups is 1. The number of nitrogens with zero attached hydrogens (tertiary/aromatic N) is 2. The number of rotatable bonds is 5. The van der Waals surface area contributed by atoms with E-state index in [-0.39, 0.29) is 18.2 Å². The molecule has 0 atom stereocenters. The van der Waals surface area contributed by atoms with E-state index in [1.807, 2.05) is 0 Å². The van der Waals surface area contributed by atoms with E-state index < -0.39 is 6.61 Å². The molecule has 1 amide bonds. The summed E-state index contributed by atoms with van der Waals surface area (Å²) in [5, 5.41) is 2.76. The van der Waals surface area contributed by atoms with Gasteiger partial charge in [-0.1, -0.05) is 0 Å². The van der Waals surface area contributed by atoms with Gasteiger partial charge in [-0.15, -0.1) is 0 Å². The second-order valence-electron chi connectivity index (χ2n) is 3.40. The van der Waals surface area contributed by atoms with Crippen molar-refractivity contribution < 1.29 is 18.3 Å². The zero-order chi connectivity index (χ0) is 12.8. The maximum absolute atomic E-state index is 11.8. The molecule has 7 heteroatoms. The molecule has 0 saturated heterocycles. The molecule has 1 rings (SSSR count). The van der Waals surface area contributed by atoms with Gasteiger partial charge < -0.3 is 15.0 Å². The van der Waals surface area contributed by atoms with Crippen LogP contribution in [0.2, 0.25) is 0 Å². The van der Waals surface area contributed by atoms with Crippen LogP contribution in [0.3, 0.4) is 0 Å². The SMILES string of the molecule is CN(C)C(=O)CNc1ccc(OC(F)F)cn1. The van der Waals surface area contributed by atoms with Crippen LogP contribution in [-0.4, -0.2) is 43.0 Å². The molecule has 0 spiro atoms. The topological polar surface area (TPSA) is 54.5 Å². The fourth-order valence-electron chi connectivity index (χ4n) is 0.982. The van der Waals surface area contributed by atoms with Gasteiger partial charge in [0.25, 0.3) is 0 Å². The summed E-state index contributed by atoms with van der Waals surface area (Å²) in [7, 11) is 3.27. The normalized spacial score (nSPS) is 10.2. The second kappa shape index (κ2) is 5.97. The number of alkyl halides is 2. The molecule has 1 heterocycles. The Hall–Kier alpha value is -1.92. The molecule has 0 bridgehead atoms. The number of pyridine rings is 1. The maximum atomic E-state index is 11.8. The van der Waals surface area contributed by atoms with Gasteiger partial charge in [0, 0.05) is 14.1 Å². The van der Waals surface area contributed by atoms with E-state index in [0.29, 0.717) is 5.82 Å². The molecule has 1 N–H and O–H groups in total. The molecule has 1 aromatic heterocycles. The largest absolute Gasteiger partial charge is 0.433 e. The van der Waals surface area contributed by atoms with Gasteiger partial charge in [0.2, 0.25) is 5.91 Å².